The zero-order valence-electron chi connectivity index (χ0n) is 17.0. The van der Waals surface area contributed by atoms with Gasteiger partial charge in [-0.2, -0.15) is 4.40 Å². The molecular weight excluding hydrogens is 387 g/mol. The molecule has 0 bridgehead atoms. The van der Waals surface area contributed by atoms with Crippen molar-refractivity contribution in [2.75, 3.05) is 18.9 Å². The van der Waals surface area contributed by atoms with E-state index in [0.29, 0.717) is 17.7 Å². The van der Waals surface area contributed by atoms with Gasteiger partial charge in [-0.25, -0.2) is 9.18 Å². The maximum absolute atomic E-state index is 13.9. The predicted octanol–water partition coefficient (Wildman–Crippen LogP) is 5.54. The fourth-order valence-corrected chi connectivity index (χ4v) is 3.98. The van der Waals surface area contributed by atoms with Gasteiger partial charge in [0, 0.05) is 42.5 Å². The third kappa shape index (κ3) is 5.73. The van der Waals surface area contributed by atoms with E-state index in [4.69, 9.17) is 0 Å². The van der Waals surface area contributed by atoms with Crippen molar-refractivity contribution in [2.45, 2.75) is 44.0 Å². The quantitative estimate of drug-likeness (QED) is 0.610. The molecular formula is C22H27FN4OS. The van der Waals surface area contributed by atoms with Crippen molar-refractivity contribution in [2.24, 2.45) is 4.40 Å². The van der Waals surface area contributed by atoms with E-state index in [0.717, 1.165) is 35.7 Å². The number of benzene rings is 2. The molecule has 154 valence electrons. The minimum absolute atomic E-state index is 0.257. The minimum Gasteiger partial charge on any atom is -0.363 e. The van der Waals surface area contributed by atoms with Crippen molar-refractivity contribution in [3.8, 4) is 0 Å². The van der Waals surface area contributed by atoms with Gasteiger partial charge in [-0.05, 0) is 55.2 Å². The summed E-state index contributed by atoms with van der Waals surface area (Å²) in [5.41, 5.74) is 2.04. The van der Waals surface area contributed by atoms with Gasteiger partial charge in [-0.3, -0.25) is 0 Å². The van der Waals surface area contributed by atoms with Crippen molar-refractivity contribution >= 4 is 29.5 Å². The van der Waals surface area contributed by atoms with Gasteiger partial charge in [0.1, 0.15) is 11.7 Å². The Morgan fingerprint density at radius 3 is 2.83 bits per heavy atom. The Morgan fingerprint density at radius 2 is 2.14 bits per heavy atom. The second kappa shape index (κ2) is 9.78. The molecule has 2 N–H and O–H groups in total. The molecule has 7 heteroatoms. The maximum Gasteiger partial charge on any atom is 0.319 e. The van der Waals surface area contributed by atoms with Crippen LogP contribution in [0.5, 0.6) is 0 Å². The van der Waals surface area contributed by atoms with Crippen molar-refractivity contribution in [3.63, 3.8) is 0 Å². The van der Waals surface area contributed by atoms with Crippen LogP contribution >= 0.6 is 11.9 Å². The lowest BCUT2D eigenvalue weighted by Gasteiger charge is -2.18. The van der Waals surface area contributed by atoms with Gasteiger partial charge in [-0.15, -0.1) is 0 Å². The summed E-state index contributed by atoms with van der Waals surface area (Å²) in [5, 5.41) is 5.79. The van der Waals surface area contributed by atoms with Gasteiger partial charge in [-0.1, -0.05) is 25.1 Å². The van der Waals surface area contributed by atoms with E-state index in [1.807, 2.05) is 37.3 Å². The molecule has 1 heterocycles. The minimum atomic E-state index is -0.318. The molecule has 2 aromatic carbocycles. The number of aryl methyl sites for hydroxylation is 1. The summed E-state index contributed by atoms with van der Waals surface area (Å²) in [6, 6.07) is 12.1. The third-order valence-corrected chi connectivity index (χ3v) is 5.76. The van der Waals surface area contributed by atoms with E-state index in [9.17, 15) is 9.18 Å². The molecule has 1 fully saturated rings. The molecule has 0 aliphatic carbocycles. The highest BCUT2D eigenvalue weighted by atomic mass is 32.2. The number of carbonyl (C=O) groups is 1. The summed E-state index contributed by atoms with van der Waals surface area (Å²) < 4.78 is 18.5. The summed E-state index contributed by atoms with van der Waals surface area (Å²) in [5.74, 6) is 0.838. The Balaban J connectivity index is 1.61. The summed E-state index contributed by atoms with van der Waals surface area (Å²) in [4.78, 5) is 15.6. The number of amides is 2. The first kappa shape index (κ1) is 21.2. The topological polar surface area (TPSA) is 56.7 Å². The number of halogens is 1. The highest BCUT2D eigenvalue weighted by Gasteiger charge is 2.15. The Morgan fingerprint density at radius 1 is 1.31 bits per heavy atom. The van der Waals surface area contributed by atoms with Crippen LogP contribution < -0.4 is 10.6 Å². The number of rotatable bonds is 6. The van der Waals surface area contributed by atoms with Gasteiger partial charge in [0.15, 0.2) is 0 Å². The molecule has 1 saturated heterocycles. The number of hydrogen-bond acceptors (Lipinski definition) is 3. The Kier molecular flexibility index (Phi) is 7.14. The summed E-state index contributed by atoms with van der Waals surface area (Å²) >= 11 is 1.41. The zero-order chi connectivity index (χ0) is 20.8. The average molecular weight is 415 g/mol. The lowest BCUT2D eigenvalue weighted by atomic mass is 10.0. The lowest BCUT2D eigenvalue weighted by Crippen LogP contribution is -2.32. The molecule has 3 rings (SSSR count). The van der Waals surface area contributed by atoms with Crippen LogP contribution in [0.15, 0.2) is 51.8 Å². The van der Waals surface area contributed by atoms with E-state index < -0.39 is 0 Å². The van der Waals surface area contributed by atoms with E-state index in [-0.39, 0.29) is 17.9 Å². The normalized spacial score (nSPS) is 16.1. The molecule has 1 unspecified atom stereocenters. The van der Waals surface area contributed by atoms with E-state index in [2.05, 4.69) is 27.0 Å². The first-order chi connectivity index (χ1) is 14.0. The maximum atomic E-state index is 13.9. The standard InChI is InChI=1S/C22H27FN4OS/c1-4-20(16-11-10-15(2)19(23)13-16)25-22(28)24-17-7-5-8-18(14-17)29-26-21-9-6-12-27(21)3/h5,7-8,10-11,13-14,20H,4,6,9,12H2,1-3H3,(H2,24,25,28)/b26-21+. The molecule has 1 aliphatic heterocycles. The number of hydrogen-bond donors (Lipinski definition) is 2. The fourth-order valence-electron chi connectivity index (χ4n) is 3.22. The van der Waals surface area contributed by atoms with Crippen LogP contribution in [-0.2, 0) is 0 Å². The Labute approximate surface area is 175 Å². The number of carbonyl (C=O) groups excluding carboxylic acids is 1. The molecule has 0 saturated carbocycles. The highest BCUT2D eigenvalue weighted by Crippen LogP contribution is 2.25. The van der Waals surface area contributed by atoms with Crippen molar-refractivity contribution in [1.29, 1.82) is 0 Å². The molecule has 29 heavy (non-hydrogen) atoms. The van der Waals surface area contributed by atoms with Gasteiger partial charge >= 0.3 is 6.03 Å². The number of amidine groups is 1. The fraction of sp³-hybridized carbons (Fsp3) is 0.364. The van der Waals surface area contributed by atoms with Crippen molar-refractivity contribution in [3.05, 3.63) is 59.4 Å². The number of anilines is 1. The SMILES string of the molecule is CCC(NC(=O)Nc1cccc(S/N=C2\CCCN2C)c1)c1ccc(C)c(F)c1. The van der Waals surface area contributed by atoms with Gasteiger partial charge in [0.05, 0.1) is 6.04 Å². The van der Waals surface area contributed by atoms with Crippen LogP contribution in [0, 0.1) is 12.7 Å². The van der Waals surface area contributed by atoms with Crippen LogP contribution in [0.4, 0.5) is 14.9 Å². The van der Waals surface area contributed by atoms with Crippen LogP contribution in [0.3, 0.4) is 0 Å². The first-order valence-electron chi connectivity index (χ1n) is 9.85. The van der Waals surface area contributed by atoms with Crippen molar-refractivity contribution < 1.29 is 9.18 Å². The lowest BCUT2D eigenvalue weighted by molar-refractivity contribution is 0.248. The number of nitrogens with one attached hydrogen (secondary N) is 2. The molecule has 0 radical (unpaired) electrons. The van der Waals surface area contributed by atoms with E-state index in [1.165, 1.54) is 18.0 Å². The number of nitrogens with zero attached hydrogens (tertiary/aromatic N) is 2. The van der Waals surface area contributed by atoms with Gasteiger partial charge in [0.25, 0.3) is 0 Å². The Hall–Kier alpha value is -2.54. The number of urea groups is 1. The molecule has 0 aromatic heterocycles. The highest BCUT2D eigenvalue weighted by molar-refractivity contribution is 7.98. The second-order valence-corrected chi connectivity index (χ2v) is 8.06. The zero-order valence-corrected chi connectivity index (χ0v) is 17.9. The average Bonchev–Trinajstić information content (AvgIpc) is 3.12. The van der Waals surface area contributed by atoms with Crippen LogP contribution in [0.1, 0.15) is 43.4 Å². The molecule has 1 aliphatic rings. The van der Waals surface area contributed by atoms with Crippen LogP contribution in [-0.4, -0.2) is 30.4 Å². The summed E-state index contributed by atoms with van der Waals surface area (Å²) in [7, 11) is 2.05. The molecule has 0 spiro atoms. The predicted molar refractivity (Wildman–Crippen MR) is 118 cm³/mol. The number of likely N-dealkylation sites (tertiary alicyclic amines) is 1. The van der Waals surface area contributed by atoms with Gasteiger partial charge < -0.3 is 15.5 Å². The van der Waals surface area contributed by atoms with Crippen LogP contribution in [0.25, 0.3) is 0 Å². The summed E-state index contributed by atoms with van der Waals surface area (Å²) in [6.07, 6.45) is 2.81. The van der Waals surface area contributed by atoms with Crippen LogP contribution in [0.2, 0.25) is 0 Å². The van der Waals surface area contributed by atoms with Crippen molar-refractivity contribution in [1.82, 2.24) is 10.2 Å². The molecule has 2 aromatic rings. The molecule has 1 atom stereocenters. The third-order valence-electron chi connectivity index (χ3n) is 4.99. The van der Waals surface area contributed by atoms with E-state index >= 15 is 0 Å². The Bertz CT molecular complexity index is 902. The molecule has 2 amide bonds. The first-order valence-corrected chi connectivity index (χ1v) is 10.6. The molecule has 5 nitrogen and oxygen atoms in total. The largest absolute Gasteiger partial charge is 0.363 e. The van der Waals surface area contributed by atoms with Gasteiger partial charge in [0.2, 0.25) is 0 Å². The smallest absolute Gasteiger partial charge is 0.319 e. The van der Waals surface area contributed by atoms with E-state index in [1.54, 1.807) is 13.0 Å². The summed E-state index contributed by atoms with van der Waals surface area (Å²) in [6.45, 7) is 4.73. The second-order valence-electron chi connectivity index (χ2n) is 7.22. The monoisotopic (exact) mass is 414 g/mol.